The number of aryl methyl sites for hydroxylation is 1. The number of imidazole rings is 1. The first-order valence-electron chi connectivity index (χ1n) is 11.5. The lowest BCUT2D eigenvalue weighted by Crippen LogP contribution is -2.22. The van der Waals surface area contributed by atoms with E-state index in [0.717, 1.165) is 35.1 Å². The molecular weight excluding hydrogens is 501 g/mol. The number of hydrogen-bond donors (Lipinski definition) is 0. The summed E-state index contributed by atoms with van der Waals surface area (Å²) >= 11 is 6.59. The first kappa shape index (κ1) is 23.0. The number of rotatable bonds is 4. The number of pyridine rings is 1. The monoisotopic (exact) mass is 521 g/mol. The van der Waals surface area contributed by atoms with Crippen LogP contribution in [-0.2, 0) is 10.8 Å². The molecule has 0 N–H and O–H groups in total. The Labute approximate surface area is 213 Å². The second-order valence-electron chi connectivity index (χ2n) is 8.72. The van der Waals surface area contributed by atoms with Crippen LogP contribution in [0, 0.1) is 12.7 Å². The smallest absolute Gasteiger partial charge is 0.321 e. The molecule has 0 aliphatic carbocycles. The number of nitrogens with zero attached hydrogens (tertiary/aromatic N) is 5. The summed E-state index contributed by atoms with van der Waals surface area (Å²) in [7, 11) is -0.768. The van der Waals surface area contributed by atoms with E-state index < -0.39 is 16.6 Å². The number of ether oxygens (including phenoxy) is 1. The molecule has 5 aromatic rings. The third-order valence-electron chi connectivity index (χ3n) is 6.49. The number of aromatic nitrogens is 5. The molecule has 0 atom stereocenters. The average Bonchev–Trinajstić information content (AvgIpc) is 3.21. The Morgan fingerprint density at radius 3 is 2.58 bits per heavy atom. The van der Waals surface area contributed by atoms with Crippen molar-refractivity contribution in [1.29, 1.82) is 0 Å². The van der Waals surface area contributed by atoms with E-state index in [9.17, 15) is 4.21 Å². The molecule has 3 aromatic heterocycles. The molecule has 0 saturated carbocycles. The summed E-state index contributed by atoms with van der Waals surface area (Å²) in [6, 6.07) is 10.3. The van der Waals surface area contributed by atoms with Crippen LogP contribution >= 0.6 is 11.6 Å². The average molecular weight is 522 g/mol. The first-order valence-corrected chi connectivity index (χ1v) is 13.4. The molecule has 6 rings (SSSR count). The Bertz CT molecular complexity index is 1630. The van der Waals surface area contributed by atoms with Crippen LogP contribution in [-0.4, -0.2) is 40.2 Å². The molecular formula is C26H21ClFN5O2S. The van der Waals surface area contributed by atoms with Crippen molar-refractivity contribution in [2.24, 2.45) is 0 Å². The van der Waals surface area contributed by atoms with Gasteiger partial charge in [0.05, 0.1) is 22.3 Å². The van der Waals surface area contributed by atoms with Crippen LogP contribution in [0.5, 0.6) is 11.8 Å². The summed E-state index contributed by atoms with van der Waals surface area (Å²) < 4.78 is 35.1. The number of benzene rings is 2. The second-order valence-corrected chi connectivity index (χ2v) is 10.8. The van der Waals surface area contributed by atoms with E-state index in [0.29, 0.717) is 38.9 Å². The SMILES string of the molecule is Cc1nc2cnc3cc(F)c(-c4ccc(Oc5ncccn5)cc4Cl)cc3c2n1C1CCS(=O)CC1. The van der Waals surface area contributed by atoms with Crippen molar-refractivity contribution in [3.05, 3.63) is 71.7 Å². The zero-order valence-electron chi connectivity index (χ0n) is 19.3. The van der Waals surface area contributed by atoms with Crippen LogP contribution in [0.2, 0.25) is 5.02 Å². The van der Waals surface area contributed by atoms with Gasteiger partial charge in [0.1, 0.15) is 22.9 Å². The van der Waals surface area contributed by atoms with E-state index in [2.05, 4.69) is 19.5 Å². The fourth-order valence-corrected chi connectivity index (χ4v) is 6.37. The number of halogens is 2. The van der Waals surface area contributed by atoms with Crippen LogP contribution < -0.4 is 4.74 Å². The summed E-state index contributed by atoms with van der Waals surface area (Å²) in [5.74, 6) is 2.23. The molecule has 1 fully saturated rings. The molecule has 182 valence electrons. The molecule has 1 saturated heterocycles. The van der Waals surface area contributed by atoms with Gasteiger partial charge >= 0.3 is 6.01 Å². The van der Waals surface area contributed by atoms with E-state index in [-0.39, 0.29) is 12.1 Å². The highest BCUT2D eigenvalue weighted by atomic mass is 35.5. The fourth-order valence-electron chi connectivity index (χ4n) is 4.83. The van der Waals surface area contributed by atoms with Crippen LogP contribution in [0.1, 0.15) is 24.7 Å². The molecule has 0 radical (unpaired) electrons. The molecule has 1 aliphatic rings. The van der Waals surface area contributed by atoms with Gasteiger partial charge in [0.2, 0.25) is 0 Å². The number of fused-ring (bicyclic) bond motifs is 3. The Morgan fingerprint density at radius 2 is 1.83 bits per heavy atom. The molecule has 4 heterocycles. The minimum Gasteiger partial charge on any atom is -0.424 e. The van der Waals surface area contributed by atoms with Gasteiger partial charge in [-0.2, -0.15) is 0 Å². The van der Waals surface area contributed by atoms with E-state index in [4.69, 9.17) is 21.3 Å². The zero-order chi connectivity index (χ0) is 24.8. The largest absolute Gasteiger partial charge is 0.424 e. The van der Waals surface area contributed by atoms with Gasteiger partial charge in [-0.1, -0.05) is 11.6 Å². The third kappa shape index (κ3) is 4.12. The Kier molecular flexibility index (Phi) is 5.89. The molecule has 1 aliphatic heterocycles. The minimum atomic E-state index is -0.768. The van der Waals surface area contributed by atoms with Crippen molar-refractivity contribution in [2.45, 2.75) is 25.8 Å². The second kappa shape index (κ2) is 9.22. The summed E-state index contributed by atoms with van der Waals surface area (Å²) in [4.78, 5) is 17.3. The van der Waals surface area contributed by atoms with Gasteiger partial charge in [-0.15, -0.1) is 0 Å². The Morgan fingerprint density at radius 1 is 1.06 bits per heavy atom. The molecule has 0 unspecified atom stereocenters. The van der Waals surface area contributed by atoms with Crippen molar-refractivity contribution >= 4 is 44.3 Å². The summed E-state index contributed by atoms with van der Waals surface area (Å²) in [5, 5.41) is 1.13. The van der Waals surface area contributed by atoms with Crippen LogP contribution in [0.4, 0.5) is 4.39 Å². The molecule has 0 amide bonds. The van der Waals surface area contributed by atoms with Crippen LogP contribution in [0.3, 0.4) is 0 Å². The molecule has 10 heteroatoms. The van der Waals surface area contributed by atoms with E-state index >= 15 is 4.39 Å². The third-order valence-corrected chi connectivity index (χ3v) is 8.18. The molecule has 0 bridgehead atoms. The van der Waals surface area contributed by atoms with Crippen molar-refractivity contribution in [3.63, 3.8) is 0 Å². The highest BCUT2D eigenvalue weighted by Gasteiger charge is 2.24. The molecule has 0 spiro atoms. The normalized spacial score (nSPS) is 18.1. The highest BCUT2D eigenvalue weighted by molar-refractivity contribution is 7.85. The van der Waals surface area contributed by atoms with E-state index in [1.165, 1.54) is 6.07 Å². The minimum absolute atomic E-state index is 0.187. The fraction of sp³-hybridized carbons (Fsp3) is 0.231. The summed E-state index contributed by atoms with van der Waals surface area (Å²) in [6.07, 6.45) is 6.48. The topological polar surface area (TPSA) is 82.8 Å². The Hall–Kier alpha value is -3.43. The van der Waals surface area contributed by atoms with Gasteiger partial charge in [0.25, 0.3) is 0 Å². The van der Waals surface area contributed by atoms with E-state index in [1.54, 1.807) is 48.9 Å². The van der Waals surface area contributed by atoms with Gasteiger partial charge in [-0.05, 0) is 44.0 Å². The standard InChI is InChI=1S/C26H21ClFN5O2S/c1-15-32-24-14-31-23-13-22(28)19(12-20(23)25(24)33(15)16-5-9-36(34)10-6-16)18-4-3-17(11-21(18)27)35-26-29-7-2-8-30-26/h2-4,7-8,11-14,16H,5-6,9-10H2,1H3. The number of hydrogen-bond acceptors (Lipinski definition) is 6. The Balaban J connectivity index is 1.46. The van der Waals surface area contributed by atoms with Gasteiger partial charge in [-0.3, -0.25) is 9.19 Å². The predicted molar refractivity (Wildman–Crippen MR) is 138 cm³/mol. The lowest BCUT2D eigenvalue weighted by Gasteiger charge is -2.25. The van der Waals surface area contributed by atoms with Crippen LogP contribution in [0.25, 0.3) is 33.1 Å². The zero-order valence-corrected chi connectivity index (χ0v) is 20.9. The maximum Gasteiger partial charge on any atom is 0.321 e. The maximum atomic E-state index is 15.3. The van der Waals surface area contributed by atoms with E-state index in [1.807, 2.05) is 6.92 Å². The van der Waals surface area contributed by atoms with Gasteiger partial charge in [0.15, 0.2) is 0 Å². The maximum absolute atomic E-state index is 15.3. The summed E-state index contributed by atoms with van der Waals surface area (Å²) in [5.41, 5.74) is 3.10. The highest BCUT2D eigenvalue weighted by Crippen LogP contribution is 2.38. The lowest BCUT2D eigenvalue weighted by molar-refractivity contribution is 0.442. The van der Waals surface area contributed by atoms with Crippen LogP contribution in [0.15, 0.2) is 55.0 Å². The van der Waals surface area contributed by atoms with Crippen molar-refractivity contribution in [1.82, 2.24) is 24.5 Å². The summed E-state index contributed by atoms with van der Waals surface area (Å²) in [6.45, 7) is 1.97. The van der Waals surface area contributed by atoms with Gasteiger partial charge < -0.3 is 9.30 Å². The lowest BCUT2D eigenvalue weighted by atomic mass is 10.0. The molecule has 7 nitrogen and oxygen atoms in total. The predicted octanol–water partition coefficient (Wildman–Crippen LogP) is 6.02. The van der Waals surface area contributed by atoms with Gasteiger partial charge in [0, 0.05) is 69.4 Å². The van der Waals surface area contributed by atoms with Crippen molar-refractivity contribution in [2.75, 3.05) is 11.5 Å². The van der Waals surface area contributed by atoms with Crippen molar-refractivity contribution in [3.8, 4) is 22.9 Å². The quantitative estimate of drug-likeness (QED) is 0.287. The molecule has 36 heavy (non-hydrogen) atoms. The first-order chi connectivity index (χ1) is 17.5. The van der Waals surface area contributed by atoms with Crippen molar-refractivity contribution < 1.29 is 13.3 Å². The molecule has 2 aromatic carbocycles. The van der Waals surface area contributed by atoms with Gasteiger partial charge in [-0.25, -0.2) is 19.3 Å².